The Morgan fingerprint density at radius 3 is 2.81 bits per heavy atom. The summed E-state index contributed by atoms with van der Waals surface area (Å²) in [5, 5.41) is 0.485. The van der Waals surface area contributed by atoms with E-state index < -0.39 is 0 Å². The predicted molar refractivity (Wildman–Crippen MR) is 105 cm³/mol. The molecule has 1 amide bonds. The van der Waals surface area contributed by atoms with Gasteiger partial charge >= 0.3 is 0 Å². The number of rotatable bonds is 3. The number of hydrogen-bond acceptors (Lipinski definition) is 4. The molecule has 0 bridgehead atoms. The number of halogens is 1. The van der Waals surface area contributed by atoms with Gasteiger partial charge in [0.05, 0.1) is 11.1 Å². The van der Waals surface area contributed by atoms with Crippen LogP contribution in [0.4, 0.5) is 0 Å². The summed E-state index contributed by atoms with van der Waals surface area (Å²) in [5.74, 6) is 1.16. The molecule has 4 rings (SSSR count). The van der Waals surface area contributed by atoms with Crippen molar-refractivity contribution in [2.24, 2.45) is 0 Å². The van der Waals surface area contributed by atoms with Gasteiger partial charge in [-0.2, -0.15) is 0 Å². The summed E-state index contributed by atoms with van der Waals surface area (Å²) < 4.78 is 10.7. The van der Waals surface area contributed by atoms with E-state index >= 15 is 0 Å². The number of ether oxygens (including phenoxy) is 2. The van der Waals surface area contributed by atoms with Crippen LogP contribution in [0, 0.1) is 0 Å². The second kappa shape index (κ2) is 7.62. The number of carbonyl (C=O) groups excluding carboxylic acids is 1. The standard InChI is InChI=1S/C21H21ClN2O3/c1-23-9-10-24(18(13-23)16-5-3-2-4-6-16)20(25)8-7-15-11-17(22)21-19(12-15)26-14-27-21/h2-8,11-12,18H,9-10,13-14H2,1H3. The second-order valence-corrected chi connectivity index (χ2v) is 7.20. The summed E-state index contributed by atoms with van der Waals surface area (Å²) >= 11 is 6.22. The van der Waals surface area contributed by atoms with Crippen molar-refractivity contribution in [2.75, 3.05) is 33.5 Å². The molecule has 5 nitrogen and oxygen atoms in total. The number of carbonyl (C=O) groups is 1. The molecule has 0 spiro atoms. The molecule has 0 N–H and O–H groups in total. The van der Waals surface area contributed by atoms with Crippen molar-refractivity contribution in [2.45, 2.75) is 6.04 Å². The molecule has 6 heteroatoms. The van der Waals surface area contributed by atoms with Gasteiger partial charge in [-0.25, -0.2) is 0 Å². The quantitative estimate of drug-likeness (QED) is 0.758. The maximum Gasteiger partial charge on any atom is 0.247 e. The van der Waals surface area contributed by atoms with Crippen LogP contribution in [0.15, 0.2) is 48.5 Å². The van der Waals surface area contributed by atoms with Crippen molar-refractivity contribution in [3.05, 3.63) is 64.7 Å². The van der Waals surface area contributed by atoms with E-state index in [2.05, 4.69) is 24.1 Å². The smallest absolute Gasteiger partial charge is 0.247 e. The molecule has 1 saturated heterocycles. The monoisotopic (exact) mass is 384 g/mol. The topological polar surface area (TPSA) is 42.0 Å². The molecule has 1 unspecified atom stereocenters. The van der Waals surface area contributed by atoms with E-state index in [9.17, 15) is 4.79 Å². The first-order chi connectivity index (χ1) is 13.1. The molecule has 0 aliphatic carbocycles. The SMILES string of the molecule is CN1CCN(C(=O)C=Cc2cc(Cl)c3c(c2)OCO3)C(c2ccccc2)C1. The first-order valence-corrected chi connectivity index (χ1v) is 9.31. The van der Waals surface area contributed by atoms with E-state index in [0.717, 1.165) is 24.2 Å². The molecule has 2 aromatic carbocycles. The van der Waals surface area contributed by atoms with Crippen LogP contribution in [0.25, 0.3) is 6.08 Å². The lowest BCUT2D eigenvalue weighted by molar-refractivity contribution is -0.130. The van der Waals surface area contributed by atoms with Gasteiger partial charge in [-0.3, -0.25) is 4.79 Å². The summed E-state index contributed by atoms with van der Waals surface area (Å²) in [6.45, 7) is 2.54. The number of nitrogens with zero attached hydrogens (tertiary/aromatic N) is 2. The fraction of sp³-hybridized carbons (Fsp3) is 0.286. The van der Waals surface area contributed by atoms with Crippen LogP contribution in [0.1, 0.15) is 17.2 Å². The maximum atomic E-state index is 12.9. The van der Waals surface area contributed by atoms with Crippen LogP contribution in [0.3, 0.4) is 0 Å². The molecule has 140 valence electrons. The van der Waals surface area contributed by atoms with Gasteiger partial charge in [0.25, 0.3) is 0 Å². The van der Waals surface area contributed by atoms with Gasteiger partial charge in [-0.1, -0.05) is 41.9 Å². The third-order valence-corrected chi connectivity index (χ3v) is 5.20. The Morgan fingerprint density at radius 2 is 2.00 bits per heavy atom. The normalized spacial score (nSPS) is 19.6. The molecule has 0 aromatic heterocycles. The van der Waals surface area contributed by atoms with Gasteiger partial charge in [0.2, 0.25) is 12.7 Å². The molecule has 0 radical (unpaired) electrons. The van der Waals surface area contributed by atoms with E-state index in [1.807, 2.05) is 29.2 Å². The minimum absolute atomic E-state index is 0.00857. The van der Waals surface area contributed by atoms with E-state index in [4.69, 9.17) is 21.1 Å². The van der Waals surface area contributed by atoms with Gasteiger partial charge in [-0.05, 0) is 36.4 Å². The third-order valence-electron chi connectivity index (χ3n) is 4.92. The van der Waals surface area contributed by atoms with Crippen LogP contribution < -0.4 is 9.47 Å². The average Bonchev–Trinajstić information content (AvgIpc) is 3.16. The first-order valence-electron chi connectivity index (χ1n) is 8.93. The Morgan fingerprint density at radius 1 is 1.19 bits per heavy atom. The Labute approximate surface area is 163 Å². The second-order valence-electron chi connectivity index (χ2n) is 6.79. The number of benzene rings is 2. The van der Waals surface area contributed by atoms with Crippen molar-refractivity contribution < 1.29 is 14.3 Å². The molecule has 27 heavy (non-hydrogen) atoms. The predicted octanol–water partition coefficient (Wildman–Crippen LogP) is 3.60. The maximum absolute atomic E-state index is 12.9. The van der Waals surface area contributed by atoms with Crippen LogP contribution in [0.2, 0.25) is 5.02 Å². The molecule has 0 saturated carbocycles. The molecule has 2 aliphatic rings. The lowest BCUT2D eigenvalue weighted by atomic mass is 10.0. The number of fused-ring (bicyclic) bond motifs is 1. The minimum Gasteiger partial charge on any atom is -0.454 e. The van der Waals surface area contributed by atoms with Gasteiger partial charge in [0.15, 0.2) is 11.5 Å². The summed E-state index contributed by atoms with van der Waals surface area (Å²) in [6, 6.07) is 13.8. The highest BCUT2D eigenvalue weighted by Crippen LogP contribution is 2.40. The van der Waals surface area contributed by atoms with Gasteiger partial charge < -0.3 is 19.3 Å². The zero-order chi connectivity index (χ0) is 18.8. The first kappa shape index (κ1) is 17.9. The van der Waals surface area contributed by atoms with E-state index in [1.165, 1.54) is 0 Å². The highest BCUT2D eigenvalue weighted by atomic mass is 35.5. The molecule has 2 heterocycles. The zero-order valence-corrected chi connectivity index (χ0v) is 15.9. The highest BCUT2D eigenvalue weighted by molar-refractivity contribution is 6.32. The molecule has 2 aromatic rings. The van der Waals surface area contributed by atoms with Crippen LogP contribution in [-0.4, -0.2) is 49.2 Å². The highest BCUT2D eigenvalue weighted by Gasteiger charge is 2.29. The largest absolute Gasteiger partial charge is 0.454 e. The lowest BCUT2D eigenvalue weighted by Crippen LogP contribution is -2.48. The van der Waals surface area contributed by atoms with Gasteiger partial charge in [-0.15, -0.1) is 0 Å². The van der Waals surface area contributed by atoms with E-state index in [-0.39, 0.29) is 18.7 Å². The van der Waals surface area contributed by atoms with E-state index in [1.54, 1.807) is 18.2 Å². The van der Waals surface area contributed by atoms with Crippen molar-refractivity contribution >= 4 is 23.6 Å². The zero-order valence-electron chi connectivity index (χ0n) is 15.1. The number of amides is 1. The Balaban J connectivity index is 1.54. The fourth-order valence-electron chi connectivity index (χ4n) is 3.49. The van der Waals surface area contributed by atoms with Crippen molar-refractivity contribution in [1.29, 1.82) is 0 Å². The number of likely N-dealkylation sites (N-methyl/N-ethyl adjacent to an activating group) is 1. The lowest BCUT2D eigenvalue weighted by Gasteiger charge is -2.40. The molecular formula is C21H21ClN2O3. The Bertz CT molecular complexity index is 869. The summed E-state index contributed by atoms with van der Waals surface area (Å²) in [7, 11) is 2.09. The molecule has 1 fully saturated rings. The third kappa shape index (κ3) is 3.80. The van der Waals surface area contributed by atoms with Crippen LogP contribution >= 0.6 is 11.6 Å². The van der Waals surface area contributed by atoms with Gasteiger partial charge in [0.1, 0.15) is 0 Å². The minimum atomic E-state index is -0.00857. The Kier molecular flexibility index (Phi) is 5.05. The summed E-state index contributed by atoms with van der Waals surface area (Å²) in [4.78, 5) is 17.1. The van der Waals surface area contributed by atoms with Crippen LogP contribution in [-0.2, 0) is 4.79 Å². The molecule has 2 aliphatic heterocycles. The molecular weight excluding hydrogens is 364 g/mol. The van der Waals surface area contributed by atoms with Crippen molar-refractivity contribution in [1.82, 2.24) is 9.80 Å². The molecule has 1 atom stereocenters. The van der Waals surface area contributed by atoms with Gasteiger partial charge in [0, 0.05) is 25.7 Å². The van der Waals surface area contributed by atoms with E-state index in [0.29, 0.717) is 23.1 Å². The van der Waals surface area contributed by atoms with Crippen molar-refractivity contribution in [3.63, 3.8) is 0 Å². The number of hydrogen-bond donors (Lipinski definition) is 0. The average molecular weight is 385 g/mol. The number of piperazine rings is 1. The Hall–Kier alpha value is -2.50. The fourth-order valence-corrected chi connectivity index (χ4v) is 3.76. The summed E-state index contributed by atoms with van der Waals surface area (Å²) in [5.41, 5.74) is 1.96. The summed E-state index contributed by atoms with van der Waals surface area (Å²) in [6.07, 6.45) is 3.38. The van der Waals surface area contributed by atoms with Crippen molar-refractivity contribution in [3.8, 4) is 11.5 Å². The van der Waals surface area contributed by atoms with Crippen LogP contribution in [0.5, 0.6) is 11.5 Å².